The molecule has 0 saturated heterocycles. The number of aromatic nitrogens is 1. The van der Waals surface area contributed by atoms with Crippen molar-refractivity contribution in [3.63, 3.8) is 0 Å². The number of aromatic amines is 1. The smallest absolute Gasteiger partial charge is 0.250 e. The van der Waals surface area contributed by atoms with Crippen molar-refractivity contribution < 1.29 is 0 Å². The molecule has 0 fully saturated rings. The molecule has 2 nitrogen and oxygen atoms in total. The molecule has 0 aliphatic carbocycles. The van der Waals surface area contributed by atoms with Crippen LogP contribution in [-0.4, -0.2) is 4.98 Å². The van der Waals surface area contributed by atoms with E-state index >= 15 is 0 Å². The number of aryl methyl sites for hydroxylation is 1. The van der Waals surface area contributed by atoms with Crippen molar-refractivity contribution in [2.45, 2.75) is 6.92 Å². The number of pyridine rings is 1. The summed E-state index contributed by atoms with van der Waals surface area (Å²) in [7, 11) is 0. The number of hydrogen-bond acceptors (Lipinski definition) is 1. The number of rotatable bonds is 1. The van der Waals surface area contributed by atoms with Crippen LogP contribution in [-0.2, 0) is 0 Å². The minimum absolute atomic E-state index is 0.111. The SMILES string of the molecule is Cc1cc(-c2cc(Cl)c(Cl)c(Cl)c2)c[nH]c1=O. The van der Waals surface area contributed by atoms with E-state index in [1.165, 1.54) is 0 Å². The van der Waals surface area contributed by atoms with Crippen LogP contribution in [0.1, 0.15) is 5.56 Å². The van der Waals surface area contributed by atoms with Crippen LogP contribution in [0, 0.1) is 6.92 Å². The summed E-state index contributed by atoms with van der Waals surface area (Å²) in [5, 5.41) is 1.11. The lowest BCUT2D eigenvalue weighted by Crippen LogP contribution is -2.07. The summed E-state index contributed by atoms with van der Waals surface area (Å²) in [6, 6.07) is 5.19. The largest absolute Gasteiger partial charge is 0.328 e. The topological polar surface area (TPSA) is 32.9 Å². The summed E-state index contributed by atoms with van der Waals surface area (Å²) >= 11 is 17.8. The Balaban J connectivity index is 2.61. The fraction of sp³-hybridized carbons (Fsp3) is 0.0833. The number of H-pyrrole nitrogens is 1. The van der Waals surface area contributed by atoms with Crippen LogP contribution in [0.2, 0.25) is 15.1 Å². The van der Waals surface area contributed by atoms with Crippen molar-refractivity contribution in [3.05, 3.63) is 55.4 Å². The van der Waals surface area contributed by atoms with Crippen LogP contribution >= 0.6 is 34.8 Å². The third kappa shape index (κ3) is 2.49. The quantitative estimate of drug-likeness (QED) is 0.779. The second-order valence-electron chi connectivity index (χ2n) is 3.65. The van der Waals surface area contributed by atoms with Gasteiger partial charge in [0.25, 0.3) is 5.56 Å². The number of benzene rings is 1. The zero-order valence-corrected chi connectivity index (χ0v) is 11.1. The molecule has 1 aromatic carbocycles. The Kier molecular flexibility index (Phi) is 3.48. The Morgan fingerprint density at radius 1 is 1.00 bits per heavy atom. The molecule has 0 radical (unpaired) electrons. The lowest BCUT2D eigenvalue weighted by molar-refractivity contribution is 1.18. The molecule has 0 unspecified atom stereocenters. The molecular weight excluding hydrogens is 280 g/mol. The molecule has 5 heteroatoms. The lowest BCUT2D eigenvalue weighted by atomic mass is 10.1. The van der Waals surface area contributed by atoms with Crippen LogP contribution in [0.4, 0.5) is 0 Å². The minimum atomic E-state index is -0.111. The number of halogens is 3. The average Bonchev–Trinajstić information content (AvgIpc) is 2.29. The summed E-state index contributed by atoms with van der Waals surface area (Å²) < 4.78 is 0. The fourth-order valence-electron chi connectivity index (χ4n) is 1.49. The Bertz CT molecular complexity index is 611. The molecule has 0 spiro atoms. The summed E-state index contributed by atoms with van der Waals surface area (Å²) in [5.74, 6) is 0. The van der Waals surface area contributed by atoms with Gasteiger partial charge in [-0.05, 0) is 36.2 Å². The summed E-state index contributed by atoms with van der Waals surface area (Å²) in [6.07, 6.45) is 1.62. The molecule has 88 valence electrons. The molecule has 2 rings (SSSR count). The first kappa shape index (κ1) is 12.5. The van der Waals surface area contributed by atoms with Crippen molar-refractivity contribution in [1.29, 1.82) is 0 Å². The Labute approximate surface area is 113 Å². The molecule has 1 N–H and O–H groups in total. The van der Waals surface area contributed by atoms with Crippen molar-refractivity contribution in [2.75, 3.05) is 0 Å². The van der Waals surface area contributed by atoms with Crippen LogP contribution in [0.5, 0.6) is 0 Å². The standard InChI is InChI=1S/C12H8Cl3NO/c1-6-2-8(5-16-12(6)17)7-3-9(13)11(15)10(14)4-7/h2-5H,1H3,(H,16,17). The predicted octanol–water partition coefficient (Wildman–Crippen LogP) is 4.31. The van der Waals surface area contributed by atoms with Gasteiger partial charge in [-0.15, -0.1) is 0 Å². The first-order valence-corrected chi connectivity index (χ1v) is 5.96. The van der Waals surface area contributed by atoms with Gasteiger partial charge in [-0.2, -0.15) is 0 Å². The highest BCUT2D eigenvalue weighted by Crippen LogP contribution is 2.34. The second kappa shape index (κ2) is 4.73. The zero-order chi connectivity index (χ0) is 12.6. The number of hydrogen-bond donors (Lipinski definition) is 1. The van der Waals surface area contributed by atoms with Crippen molar-refractivity contribution >= 4 is 34.8 Å². The van der Waals surface area contributed by atoms with E-state index in [1.54, 1.807) is 31.3 Å². The van der Waals surface area contributed by atoms with Gasteiger partial charge in [0.15, 0.2) is 0 Å². The van der Waals surface area contributed by atoms with E-state index in [0.717, 1.165) is 11.1 Å². The van der Waals surface area contributed by atoms with E-state index in [9.17, 15) is 4.79 Å². The normalized spacial score (nSPS) is 10.6. The van der Waals surface area contributed by atoms with Crippen LogP contribution in [0.3, 0.4) is 0 Å². The monoisotopic (exact) mass is 287 g/mol. The molecule has 0 aliphatic heterocycles. The van der Waals surface area contributed by atoms with Crippen molar-refractivity contribution in [1.82, 2.24) is 4.98 Å². The molecule has 0 amide bonds. The van der Waals surface area contributed by atoms with Gasteiger partial charge < -0.3 is 4.98 Å². The number of nitrogens with one attached hydrogen (secondary N) is 1. The maximum Gasteiger partial charge on any atom is 0.250 e. The van der Waals surface area contributed by atoms with E-state index in [2.05, 4.69) is 4.98 Å². The van der Waals surface area contributed by atoms with Gasteiger partial charge in [0.05, 0.1) is 15.1 Å². The highest BCUT2D eigenvalue weighted by atomic mass is 35.5. The van der Waals surface area contributed by atoms with Crippen LogP contribution < -0.4 is 5.56 Å². The highest BCUT2D eigenvalue weighted by molar-refractivity contribution is 6.48. The van der Waals surface area contributed by atoms with E-state index in [4.69, 9.17) is 34.8 Å². The molecule has 0 saturated carbocycles. The Hall–Kier alpha value is -0.960. The fourth-order valence-corrected chi connectivity index (χ4v) is 2.08. The van der Waals surface area contributed by atoms with Crippen molar-refractivity contribution in [3.8, 4) is 11.1 Å². The third-order valence-electron chi connectivity index (χ3n) is 2.41. The summed E-state index contributed by atoms with van der Waals surface area (Å²) in [5.41, 5.74) is 2.16. The predicted molar refractivity (Wildman–Crippen MR) is 72.3 cm³/mol. The molecule has 17 heavy (non-hydrogen) atoms. The van der Waals surface area contributed by atoms with Crippen LogP contribution in [0.25, 0.3) is 11.1 Å². The Morgan fingerprint density at radius 3 is 2.12 bits per heavy atom. The summed E-state index contributed by atoms with van der Waals surface area (Å²) in [4.78, 5) is 13.9. The van der Waals surface area contributed by atoms with Gasteiger partial charge >= 0.3 is 0 Å². The van der Waals surface area contributed by atoms with E-state index in [1.807, 2.05) is 0 Å². The minimum Gasteiger partial charge on any atom is -0.328 e. The maximum absolute atomic E-state index is 11.3. The van der Waals surface area contributed by atoms with Gasteiger partial charge in [-0.3, -0.25) is 4.79 Å². The first-order valence-electron chi connectivity index (χ1n) is 4.83. The third-order valence-corrected chi connectivity index (χ3v) is 3.60. The molecule has 0 aliphatic rings. The van der Waals surface area contributed by atoms with Gasteiger partial charge in [0, 0.05) is 11.8 Å². The van der Waals surface area contributed by atoms with Gasteiger partial charge in [-0.25, -0.2) is 0 Å². The van der Waals surface area contributed by atoms with Gasteiger partial charge in [-0.1, -0.05) is 34.8 Å². The van der Waals surface area contributed by atoms with Crippen LogP contribution in [0.15, 0.2) is 29.2 Å². The molecule has 0 bridgehead atoms. The molecule has 0 atom stereocenters. The van der Waals surface area contributed by atoms with Gasteiger partial charge in [0.1, 0.15) is 0 Å². The first-order chi connectivity index (χ1) is 7.99. The van der Waals surface area contributed by atoms with E-state index in [0.29, 0.717) is 20.6 Å². The second-order valence-corrected chi connectivity index (χ2v) is 4.85. The maximum atomic E-state index is 11.3. The lowest BCUT2D eigenvalue weighted by Gasteiger charge is -2.06. The molecule has 1 heterocycles. The Morgan fingerprint density at radius 2 is 1.59 bits per heavy atom. The van der Waals surface area contributed by atoms with Crippen molar-refractivity contribution in [2.24, 2.45) is 0 Å². The highest BCUT2D eigenvalue weighted by Gasteiger charge is 2.08. The molecule has 1 aromatic heterocycles. The zero-order valence-electron chi connectivity index (χ0n) is 8.85. The van der Waals surface area contributed by atoms with E-state index < -0.39 is 0 Å². The average molecular weight is 289 g/mol. The molecule has 2 aromatic rings. The summed E-state index contributed by atoms with van der Waals surface area (Å²) in [6.45, 7) is 1.74. The van der Waals surface area contributed by atoms with E-state index in [-0.39, 0.29) is 5.56 Å². The molecular formula is C12H8Cl3NO. The van der Waals surface area contributed by atoms with Gasteiger partial charge in [0.2, 0.25) is 0 Å².